The van der Waals surface area contributed by atoms with Crippen molar-refractivity contribution >= 4 is 34.0 Å². The zero-order valence-electron chi connectivity index (χ0n) is 16.4. The second kappa shape index (κ2) is 8.90. The lowest BCUT2D eigenvalue weighted by Crippen LogP contribution is -2.36. The number of carbonyl (C=O) groups is 1. The number of aromatic amines is 1. The molecule has 0 spiro atoms. The van der Waals surface area contributed by atoms with Crippen LogP contribution in [0.4, 0.5) is 5.00 Å². The molecule has 1 atom stereocenters. The van der Waals surface area contributed by atoms with Gasteiger partial charge in [0, 0.05) is 29.2 Å². The maximum atomic E-state index is 12.5. The summed E-state index contributed by atoms with van der Waals surface area (Å²) in [4.78, 5) is 25.7. The number of nitrogens with one attached hydrogen (secondary N) is 2. The minimum atomic E-state index is -0.476. The number of hydrogen-bond donors (Lipinski definition) is 2. The number of carbonyl (C=O) groups excluding carboxylic acids is 1. The zero-order valence-corrected chi connectivity index (χ0v) is 18.1. The van der Waals surface area contributed by atoms with Crippen molar-refractivity contribution < 1.29 is 14.0 Å². The molecule has 0 saturated heterocycles. The van der Waals surface area contributed by atoms with Gasteiger partial charge in [-0.25, -0.2) is 4.79 Å². The smallest absolute Gasteiger partial charge is 0.317 e. The molecule has 154 valence electrons. The topological polar surface area (TPSA) is 103 Å². The minimum Gasteiger partial charge on any atom is -0.317 e. The van der Waals surface area contributed by atoms with Gasteiger partial charge in [0.15, 0.2) is 0 Å². The van der Waals surface area contributed by atoms with E-state index in [1.807, 2.05) is 30.3 Å². The normalized spacial score (nSPS) is 15.4. The fourth-order valence-electron chi connectivity index (χ4n) is 3.52. The summed E-state index contributed by atoms with van der Waals surface area (Å²) in [5.41, 5.74) is 2.00. The third-order valence-corrected chi connectivity index (χ3v) is 7.27. The van der Waals surface area contributed by atoms with Crippen LogP contribution < -0.4 is 15.6 Å². The SMILES string of the molecule is CC1CCc2c(sc(NC(=O)CCSc3c(=O)o[nH][n+]3-c3ccccc3)c2C#N)C1. The number of aromatic nitrogens is 2. The van der Waals surface area contributed by atoms with E-state index < -0.39 is 5.63 Å². The Labute approximate surface area is 181 Å². The molecule has 1 aliphatic carbocycles. The van der Waals surface area contributed by atoms with Crippen LogP contribution >= 0.6 is 23.1 Å². The Bertz CT molecular complexity index is 1160. The molecule has 2 N–H and O–H groups in total. The van der Waals surface area contributed by atoms with E-state index in [2.05, 4.69) is 23.6 Å². The molecule has 1 aliphatic rings. The van der Waals surface area contributed by atoms with Gasteiger partial charge < -0.3 is 5.32 Å². The van der Waals surface area contributed by atoms with Crippen molar-refractivity contribution in [2.75, 3.05) is 11.1 Å². The van der Waals surface area contributed by atoms with Gasteiger partial charge in [0.25, 0.3) is 0 Å². The van der Waals surface area contributed by atoms with Crippen molar-refractivity contribution in [2.45, 2.75) is 37.6 Å². The Hall–Kier alpha value is -2.83. The summed E-state index contributed by atoms with van der Waals surface area (Å²) in [6.45, 7) is 2.21. The zero-order chi connectivity index (χ0) is 21.1. The number of thioether (sulfide) groups is 1. The summed E-state index contributed by atoms with van der Waals surface area (Å²) in [6, 6.07) is 11.6. The number of hydrogen-bond acceptors (Lipinski definition) is 6. The summed E-state index contributed by atoms with van der Waals surface area (Å²) >= 11 is 2.77. The number of amides is 1. The highest BCUT2D eigenvalue weighted by molar-refractivity contribution is 7.99. The molecule has 0 fully saturated rings. The van der Waals surface area contributed by atoms with E-state index >= 15 is 0 Å². The Morgan fingerprint density at radius 1 is 1.43 bits per heavy atom. The third-order valence-electron chi connectivity index (χ3n) is 5.07. The van der Waals surface area contributed by atoms with Gasteiger partial charge in [-0.05, 0) is 52.5 Å². The van der Waals surface area contributed by atoms with Crippen LogP contribution in [0.25, 0.3) is 5.69 Å². The summed E-state index contributed by atoms with van der Waals surface area (Å²) in [5.74, 6) is 0.842. The number of benzene rings is 1. The number of fused-ring (bicyclic) bond motifs is 1. The lowest BCUT2D eigenvalue weighted by molar-refractivity contribution is -0.704. The molecule has 3 aromatic rings. The monoisotopic (exact) mass is 441 g/mol. The second-order valence-electron chi connectivity index (χ2n) is 7.27. The summed E-state index contributed by atoms with van der Waals surface area (Å²) in [5, 5.41) is 16.1. The minimum absolute atomic E-state index is 0.170. The van der Waals surface area contributed by atoms with Crippen molar-refractivity contribution in [3.63, 3.8) is 0 Å². The van der Waals surface area contributed by atoms with Gasteiger partial charge in [0.2, 0.25) is 11.6 Å². The molecular formula is C21H21N4O3S2+. The van der Waals surface area contributed by atoms with Crippen LogP contribution in [-0.4, -0.2) is 16.9 Å². The van der Waals surface area contributed by atoms with E-state index in [0.717, 1.165) is 30.5 Å². The molecule has 2 heterocycles. The van der Waals surface area contributed by atoms with Crippen molar-refractivity contribution in [2.24, 2.45) is 5.92 Å². The highest BCUT2D eigenvalue weighted by Crippen LogP contribution is 2.39. The van der Waals surface area contributed by atoms with Crippen LogP contribution in [0.5, 0.6) is 0 Å². The number of thiophene rings is 1. The van der Waals surface area contributed by atoms with Gasteiger partial charge in [-0.3, -0.25) is 9.32 Å². The Balaban J connectivity index is 1.40. The van der Waals surface area contributed by atoms with E-state index in [0.29, 0.717) is 27.3 Å². The number of nitrogens with zero attached hydrogens (tertiary/aromatic N) is 2. The molecule has 1 unspecified atom stereocenters. The summed E-state index contributed by atoms with van der Waals surface area (Å²) < 4.78 is 6.48. The van der Waals surface area contributed by atoms with Crippen LogP contribution in [0.3, 0.4) is 0 Å². The highest BCUT2D eigenvalue weighted by atomic mass is 32.2. The third kappa shape index (κ3) is 4.20. The van der Waals surface area contributed by atoms with Crippen LogP contribution in [0.15, 0.2) is 44.7 Å². The first-order chi connectivity index (χ1) is 14.6. The largest absolute Gasteiger partial charge is 0.442 e. The van der Waals surface area contributed by atoms with E-state index in [1.165, 1.54) is 28.0 Å². The van der Waals surface area contributed by atoms with Crippen LogP contribution in [0.1, 0.15) is 35.8 Å². The Kier molecular flexibility index (Phi) is 6.06. The Morgan fingerprint density at radius 3 is 3.00 bits per heavy atom. The molecule has 1 amide bonds. The van der Waals surface area contributed by atoms with Crippen molar-refractivity contribution in [1.29, 1.82) is 5.26 Å². The highest BCUT2D eigenvalue weighted by Gasteiger charge is 2.26. The van der Waals surface area contributed by atoms with Crippen LogP contribution in [0.2, 0.25) is 0 Å². The summed E-state index contributed by atoms with van der Waals surface area (Å²) in [6.07, 6.45) is 3.14. The molecule has 0 bridgehead atoms. The van der Waals surface area contributed by atoms with Crippen molar-refractivity contribution in [3.05, 3.63) is 56.8 Å². The lowest BCUT2D eigenvalue weighted by atomic mass is 9.89. The van der Waals surface area contributed by atoms with Crippen molar-refractivity contribution in [3.8, 4) is 11.8 Å². The fraction of sp³-hybridized carbons (Fsp3) is 0.333. The van der Waals surface area contributed by atoms with E-state index in [4.69, 9.17) is 4.52 Å². The van der Waals surface area contributed by atoms with Gasteiger partial charge in [-0.2, -0.15) is 5.26 Å². The molecule has 30 heavy (non-hydrogen) atoms. The van der Waals surface area contributed by atoms with Gasteiger partial charge in [-0.15, -0.1) is 11.3 Å². The van der Waals surface area contributed by atoms with Crippen LogP contribution in [0, 0.1) is 17.2 Å². The molecule has 4 rings (SSSR count). The maximum absolute atomic E-state index is 12.5. The maximum Gasteiger partial charge on any atom is 0.442 e. The molecule has 0 saturated carbocycles. The number of rotatable bonds is 6. The molecule has 7 nitrogen and oxygen atoms in total. The predicted octanol–water partition coefficient (Wildman–Crippen LogP) is 3.42. The standard InChI is InChI=1S/C21H20N4O3S2/c1-13-7-8-15-16(12-22)19(30-17(15)11-13)23-18(26)9-10-29-20-21(27)28-24-25(20)14-5-3-2-4-6-14/h2-6,13H,7-11H2,1H3,(H-,23,24,26,27)/p+1. The average Bonchev–Trinajstić information content (AvgIpc) is 3.27. The first kappa shape index (κ1) is 20.4. The van der Waals surface area contributed by atoms with Gasteiger partial charge in [-0.1, -0.05) is 25.1 Å². The first-order valence-electron chi connectivity index (χ1n) is 9.73. The van der Waals surface area contributed by atoms with E-state index in [9.17, 15) is 14.9 Å². The lowest BCUT2D eigenvalue weighted by Gasteiger charge is -2.17. The molecule has 1 aromatic carbocycles. The number of anilines is 1. The molecule has 0 radical (unpaired) electrons. The quantitative estimate of drug-likeness (QED) is 0.451. The Morgan fingerprint density at radius 2 is 2.23 bits per heavy atom. The average molecular weight is 442 g/mol. The first-order valence-corrected chi connectivity index (χ1v) is 11.5. The van der Waals surface area contributed by atoms with Crippen molar-refractivity contribution in [1.82, 2.24) is 5.27 Å². The van der Waals surface area contributed by atoms with Gasteiger partial charge in [0.1, 0.15) is 11.1 Å². The molecule has 2 aromatic heterocycles. The molecule has 0 aliphatic heterocycles. The van der Waals surface area contributed by atoms with E-state index in [1.54, 1.807) is 4.68 Å². The predicted molar refractivity (Wildman–Crippen MR) is 115 cm³/mol. The molecule has 9 heteroatoms. The van der Waals surface area contributed by atoms with E-state index in [-0.39, 0.29) is 12.3 Å². The summed E-state index contributed by atoms with van der Waals surface area (Å²) in [7, 11) is 0. The number of para-hydroxylation sites is 1. The molecular weight excluding hydrogens is 420 g/mol. The number of H-pyrrole nitrogens is 1. The van der Waals surface area contributed by atoms with Gasteiger partial charge in [0.05, 0.1) is 5.56 Å². The van der Waals surface area contributed by atoms with Crippen LogP contribution in [-0.2, 0) is 17.6 Å². The second-order valence-corrected chi connectivity index (χ2v) is 9.46. The number of nitriles is 1. The van der Waals surface area contributed by atoms with Gasteiger partial charge >= 0.3 is 10.7 Å². The fourth-order valence-corrected chi connectivity index (χ4v) is 5.81.